The maximum atomic E-state index is 10.6. The summed E-state index contributed by atoms with van der Waals surface area (Å²) in [6.07, 6.45) is 5.22. The van der Waals surface area contributed by atoms with Crippen LogP contribution in [0.15, 0.2) is 0 Å². The molecule has 0 aromatic heterocycles. The standard InChI is InChI=1S/C6H10O3.C4H6.S9/c1-4-5(7)9-6(2,3)8-4;1-3-4-2;1-3-5-7-9-8-6-4-2/h4H,1-3H3;1H,4H2,2H3;. The predicted octanol–water partition coefficient (Wildman–Crippen LogP) is 1.69. The average molecular weight is 473 g/mol. The maximum absolute atomic E-state index is 10.6. The van der Waals surface area contributed by atoms with Gasteiger partial charge in [-0.3, -0.25) is 0 Å². The monoisotopic (exact) mass is 472 g/mol. The third-order valence-corrected chi connectivity index (χ3v) is 14.8. The van der Waals surface area contributed by atoms with E-state index in [4.69, 9.17) is 15.9 Å². The Kier molecular flexibility index (Phi) is 19.3. The van der Waals surface area contributed by atoms with Crippen LogP contribution in [0.1, 0.15) is 34.1 Å². The van der Waals surface area contributed by atoms with Crippen molar-refractivity contribution in [2.45, 2.75) is 46.0 Å². The van der Waals surface area contributed by atoms with E-state index in [2.05, 4.69) is 28.3 Å². The molecular weight excluding hydrogens is 457 g/mol. The number of rotatable bonds is 0. The average Bonchev–Trinajstić information content (AvgIpc) is 2.71. The third kappa shape index (κ3) is 17.3. The Balaban J connectivity index is 0. The quantitative estimate of drug-likeness (QED) is 0.396. The predicted molar refractivity (Wildman–Crippen MR) is 116 cm³/mol. The van der Waals surface area contributed by atoms with E-state index in [-0.39, 0.29) is 5.97 Å². The second-order valence-corrected chi connectivity index (χ2v) is 16.0. The lowest BCUT2D eigenvalue weighted by molar-refractivity contribution is -0.160. The summed E-state index contributed by atoms with van der Waals surface area (Å²) in [5.74, 6) is 1.44. The summed E-state index contributed by atoms with van der Waals surface area (Å²) in [6.45, 7) is 7.06. The van der Waals surface area contributed by atoms with Gasteiger partial charge in [-0.1, -0.05) is 6.92 Å². The summed E-state index contributed by atoms with van der Waals surface area (Å²) in [6, 6.07) is 0. The van der Waals surface area contributed by atoms with Crippen molar-refractivity contribution in [2.24, 2.45) is 0 Å². The molecule has 0 saturated carbocycles. The van der Waals surface area contributed by atoms with E-state index in [9.17, 15) is 4.79 Å². The number of hydrogen-bond donors (Lipinski definition) is 0. The van der Waals surface area contributed by atoms with Crippen molar-refractivity contribution in [3.8, 4) is 12.3 Å². The molecule has 1 atom stereocenters. The van der Waals surface area contributed by atoms with E-state index >= 15 is 0 Å². The second-order valence-electron chi connectivity index (χ2n) is 3.61. The summed E-state index contributed by atoms with van der Waals surface area (Å²) in [7, 11) is 10.9. The maximum Gasteiger partial charge on any atom is 0.337 e. The molecule has 1 aliphatic rings. The summed E-state index contributed by atoms with van der Waals surface area (Å²) in [5.41, 5.74) is 0. The molecule has 0 N–H and O–H groups in total. The highest BCUT2D eigenvalue weighted by atomic mass is 33.4. The lowest BCUT2D eigenvalue weighted by Crippen LogP contribution is -2.20. The highest BCUT2D eigenvalue weighted by Gasteiger charge is 2.37. The molecule has 1 unspecified atom stereocenters. The van der Waals surface area contributed by atoms with Gasteiger partial charge in [-0.05, 0) is 6.92 Å². The minimum Gasteiger partial charge on any atom is -0.432 e. The minimum atomic E-state index is -0.712. The van der Waals surface area contributed by atoms with Gasteiger partial charge in [0.25, 0.3) is 0 Å². The van der Waals surface area contributed by atoms with Crippen LogP contribution in [-0.2, 0) is 98.8 Å². The second kappa shape index (κ2) is 16.8. The number of cyclic esters (lactones) is 1. The van der Waals surface area contributed by atoms with Gasteiger partial charge in [-0.25, -0.2) is 4.79 Å². The topological polar surface area (TPSA) is 35.5 Å². The van der Waals surface area contributed by atoms with Crippen molar-refractivity contribution in [3.05, 3.63) is 0 Å². The number of carbonyl (C=O) groups is 1. The molecule has 128 valence electrons. The Morgan fingerprint density at radius 3 is 1.77 bits per heavy atom. The fourth-order valence-corrected chi connectivity index (χ4v) is 14.6. The Morgan fingerprint density at radius 1 is 1.18 bits per heavy atom. The van der Waals surface area contributed by atoms with Crippen LogP contribution in [0.3, 0.4) is 0 Å². The van der Waals surface area contributed by atoms with Crippen LogP contribution in [0.2, 0.25) is 0 Å². The van der Waals surface area contributed by atoms with E-state index in [0.717, 1.165) is 6.42 Å². The Labute approximate surface area is 161 Å². The summed E-state index contributed by atoms with van der Waals surface area (Å²) in [4.78, 5) is 10.6. The number of hydrogen-bond acceptors (Lipinski definition) is 5. The summed E-state index contributed by atoms with van der Waals surface area (Å²) < 4.78 is 9.89. The van der Waals surface area contributed by atoms with Crippen molar-refractivity contribution in [2.75, 3.05) is 0 Å². The van der Waals surface area contributed by atoms with Crippen LogP contribution in [0.25, 0.3) is 0 Å². The molecule has 1 heterocycles. The zero-order valence-corrected chi connectivity index (χ0v) is 19.6. The summed E-state index contributed by atoms with van der Waals surface area (Å²) >= 11 is 9.27. The van der Waals surface area contributed by atoms with Crippen LogP contribution in [0.4, 0.5) is 0 Å². The fraction of sp³-hybridized carbons (Fsp3) is 0.700. The van der Waals surface area contributed by atoms with Crippen molar-refractivity contribution < 1.29 is 14.3 Å². The highest BCUT2D eigenvalue weighted by molar-refractivity contribution is 8.72. The molecule has 1 saturated heterocycles. The van der Waals surface area contributed by atoms with E-state index in [0.29, 0.717) is 0 Å². The van der Waals surface area contributed by atoms with Gasteiger partial charge in [0.2, 0.25) is 5.79 Å². The van der Waals surface area contributed by atoms with Gasteiger partial charge >= 0.3 is 5.97 Å². The van der Waals surface area contributed by atoms with E-state index in [1.54, 1.807) is 65.2 Å². The van der Waals surface area contributed by atoms with Gasteiger partial charge in [-0.15, -0.1) is 12.3 Å². The first kappa shape index (κ1) is 25.2. The van der Waals surface area contributed by atoms with Gasteiger partial charge in [-0.2, -0.15) is 0 Å². The molecule has 3 nitrogen and oxygen atoms in total. The molecule has 1 rings (SSSR count). The minimum absolute atomic E-state index is 0.278. The largest absolute Gasteiger partial charge is 0.432 e. The molecule has 0 aromatic rings. The third-order valence-electron chi connectivity index (χ3n) is 1.51. The van der Waals surface area contributed by atoms with Crippen LogP contribution in [0.5, 0.6) is 0 Å². The zero-order chi connectivity index (χ0) is 17.4. The molecular formula is C10H16O3S9. The van der Waals surface area contributed by atoms with Crippen molar-refractivity contribution in [1.82, 2.24) is 0 Å². The zero-order valence-electron chi connectivity index (χ0n) is 12.3. The molecule has 12 heteroatoms. The summed E-state index contributed by atoms with van der Waals surface area (Å²) in [5, 5.41) is 0. The van der Waals surface area contributed by atoms with Crippen LogP contribution in [-0.4, -0.2) is 17.9 Å². The molecule has 0 radical (unpaired) electrons. The number of terminal acetylenes is 1. The first-order chi connectivity index (χ1) is 10.3. The molecule has 1 aliphatic heterocycles. The lowest BCUT2D eigenvalue weighted by atomic mass is 10.4. The molecule has 0 bridgehead atoms. The van der Waals surface area contributed by atoms with Gasteiger partial charge < -0.3 is 9.47 Å². The van der Waals surface area contributed by atoms with Gasteiger partial charge in [0, 0.05) is 105 Å². The van der Waals surface area contributed by atoms with Crippen LogP contribution < -0.4 is 0 Å². The molecule has 22 heavy (non-hydrogen) atoms. The lowest BCUT2D eigenvalue weighted by Gasteiger charge is -2.13. The first-order valence-corrected chi connectivity index (χ1v) is 16.3. The Hall–Kier alpha value is 0.970. The highest BCUT2D eigenvalue weighted by Crippen LogP contribution is 2.22. The molecule has 0 amide bonds. The smallest absolute Gasteiger partial charge is 0.337 e. The van der Waals surface area contributed by atoms with Gasteiger partial charge in [0.05, 0.1) is 0 Å². The van der Waals surface area contributed by atoms with Crippen molar-refractivity contribution in [1.29, 1.82) is 0 Å². The Morgan fingerprint density at radius 2 is 1.59 bits per heavy atom. The van der Waals surface area contributed by atoms with Gasteiger partial charge in [0.1, 0.15) is 0 Å². The number of carbonyl (C=O) groups excluding carboxylic acids is 1. The van der Waals surface area contributed by atoms with Gasteiger partial charge in [0.15, 0.2) is 6.10 Å². The SMILES string of the molecule is C#CCC.CC1OC(C)(C)OC1=O.S=S=S=S=S=S=S=S=S. The number of ether oxygens (including phenoxy) is 2. The van der Waals surface area contributed by atoms with Crippen LogP contribution in [0, 0.1) is 12.3 Å². The fourth-order valence-electron chi connectivity index (χ4n) is 0.880. The molecule has 0 aliphatic carbocycles. The molecule has 1 fully saturated rings. The first-order valence-electron chi connectivity index (χ1n) is 5.60. The molecule has 0 spiro atoms. The van der Waals surface area contributed by atoms with E-state index in [1.807, 2.05) is 6.92 Å². The normalized spacial score (nSPS) is 16.9. The molecule has 0 aromatic carbocycles. The van der Waals surface area contributed by atoms with E-state index in [1.165, 1.54) is 17.8 Å². The van der Waals surface area contributed by atoms with Crippen molar-refractivity contribution >= 4 is 90.5 Å². The number of esters is 1. The van der Waals surface area contributed by atoms with Crippen molar-refractivity contribution in [3.63, 3.8) is 0 Å². The van der Waals surface area contributed by atoms with Crippen LogP contribution >= 0.6 is 0 Å². The van der Waals surface area contributed by atoms with E-state index < -0.39 is 11.9 Å². The Bertz CT molecular complexity index is 635.